The minimum absolute atomic E-state index is 0.119. The third kappa shape index (κ3) is 3.52. The summed E-state index contributed by atoms with van der Waals surface area (Å²) >= 11 is 0. The Morgan fingerprint density at radius 3 is 2.47 bits per heavy atom. The van der Waals surface area contributed by atoms with Crippen LogP contribution in [0.1, 0.15) is 31.9 Å². The molecular formula is C12H20N2O2S. The van der Waals surface area contributed by atoms with Gasteiger partial charge in [-0.2, -0.15) is 0 Å². The molecule has 1 rings (SSSR count). The van der Waals surface area contributed by atoms with Gasteiger partial charge in [0.15, 0.2) is 0 Å². The molecular weight excluding hydrogens is 236 g/mol. The number of hydrogen-bond donors (Lipinski definition) is 2. The van der Waals surface area contributed by atoms with Crippen molar-refractivity contribution in [2.45, 2.75) is 44.7 Å². The number of aryl methyl sites for hydroxylation is 1. The van der Waals surface area contributed by atoms with Crippen LogP contribution in [0.25, 0.3) is 0 Å². The number of nitrogens with one attached hydrogen (secondary N) is 1. The first-order valence-electron chi connectivity index (χ1n) is 5.75. The Bertz CT molecular complexity index is 481. The van der Waals surface area contributed by atoms with E-state index in [0.717, 1.165) is 11.1 Å². The molecule has 96 valence electrons. The van der Waals surface area contributed by atoms with Gasteiger partial charge in [0.1, 0.15) is 0 Å². The molecule has 17 heavy (non-hydrogen) atoms. The molecule has 3 N–H and O–H groups in total. The fourth-order valence-corrected chi connectivity index (χ4v) is 3.25. The minimum atomic E-state index is -3.44. The van der Waals surface area contributed by atoms with Crippen LogP contribution >= 0.6 is 0 Å². The van der Waals surface area contributed by atoms with Gasteiger partial charge in [-0.3, -0.25) is 0 Å². The van der Waals surface area contributed by atoms with Gasteiger partial charge in [0.25, 0.3) is 0 Å². The lowest BCUT2D eigenvalue weighted by molar-refractivity contribution is 0.568. The maximum Gasteiger partial charge on any atom is 0.241 e. The van der Waals surface area contributed by atoms with E-state index in [2.05, 4.69) is 4.72 Å². The Labute approximate surface area is 103 Å². The summed E-state index contributed by atoms with van der Waals surface area (Å²) < 4.78 is 26.9. The molecule has 0 aliphatic heterocycles. The quantitative estimate of drug-likeness (QED) is 0.836. The van der Waals surface area contributed by atoms with Crippen molar-refractivity contribution in [3.63, 3.8) is 0 Å². The van der Waals surface area contributed by atoms with E-state index in [-0.39, 0.29) is 6.04 Å². The molecule has 0 bridgehead atoms. The normalized spacial score (nSPS) is 12.1. The van der Waals surface area contributed by atoms with Gasteiger partial charge in [-0.15, -0.1) is 0 Å². The van der Waals surface area contributed by atoms with Crippen molar-refractivity contribution in [1.82, 2.24) is 4.72 Å². The summed E-state index contributed by atoms with van der Waals surface area (Å²) in [6, 6.07) is 5.24. The number of rotatable bonds is 5. The standard InChI is InChI=1S/C12H20N2O2S/c1-4-11-6-5-10(8-13)7-12(11)17(15,16)14-9(2)3/h5-7,9,14H,4,8,13H2,1-3H3. The van der Waals surface area contributed by atoms with Crippen LogP contribution in [0.5, 0.6) is 0 Å². The number of sulfonamides is 1. The van der Waals surface area contributed by atoms with Crippen LogP contribution in [-0.4, -0.2) is 14.5 Å². The molecule has 0 aliphatic rings. The Morgan fingerprint density at radius 1 is 1.35 bits per heavy atom. The first-order valence-corrected chi connectivity index (χ1v) is 7.23. The van der Waals surface area contributed by atoms with Gasteiger partial charge >= 0.3 is 0 Å². The second kappa shape index (κ2) is 5.62. The summed E-state index contributed by atoms with van der Waals surface area (Å²) in [7, 11) is -3.44. The second-order valence-electron chi connectivity index (χ2n) is 4.28. The summed E-state index contributed by atoms with van der Waals surface area (Å²) in [5.41, 5.74) is 7.18. The molecule has 0 aromatic heterocycles. The number of hydrogen-bond acceptors (Lipinski definition) is 3. The molecule has 0 fully saturated rings. The third-order valence-electron chi connectivity index (χ3n) is 2.43. The predicted octanol–water partition coefficient (Wildman–Crippen LogP) is 1.39. The Kier molecular flexibility index (Phi) is 4.68. The fraction of sp³-hybridized carbons (Fsp3) is 0.500. The van der Waals surface area contributed by atoms with E-state index in [0.29, 0.717) is 17.9 Å². The molecule has 0 spiro atoms. The molecule has 0 atom stereocenters. The van der Waals surface area contributed by atoms with Crippen LogP contribution in [0, 0.1) is 0 Å². The average Bonchev–Trinajstić information content (AvgIpc) is 2.26. The lowest BCUT2D eigenvalue weighted by atomic mass is 10.1. The van der Waals surface area contributed by atoms with Crippen LogP contribution in [0.4, 0.5) is 0 Å². The van der Waals surface area contributed by atoms with Crippen LogP contribution in [0.3, 0.4) is 0 Å². The molecule has 0 saturated heterocycles. The van der Waals surface area contributed by atoms with E-state index in [1.165, 1.54) is 0 Å². The van der Waals surface area contributed by atoms with Crippen LogP contribution in [-0.2, 0) is 23.0 Å². The molecule has 0 aliphatic carbocycles. The largest absolute Gasteiger partial charge is 0.326 e. The molecule has 0 heterocycles. The van der Waals surface area contributed by atoms with Crippen LogP contribution in [0.15, 0.2) is 23.1 Å². The Balaban J connectivity index is 3.27. The molecule has 0 saturated carbocycles. The summed E-state index contributed by atoms with van der Waals surface area (Å²) in [6.45, 7) is 5.88. The summed E-state index contributed by atoms with van der Waals surface area (Å²) in [4.78, 5) is 0.344. The second-order valence-corrected chi connectivity index (χ2v) is 5.96. The molecule has 1 aromatic carbocycles. The van der Waals surface area contributed by atoms with E-state index in [9.17, 15) is 8.42 Å². The monoisotopic (exact) mass is 256 g/mol. The zero-order valence-corrected chi connectivity index (χ0v) is 11.3. The van der Waals surface area contributed by atoms with Crippen molar-refractivity contribution < 1.29 is 8.42 Å². The van der Waals surface area contributed by atoms with Gasteiger partial charge in [-0.25, -0.2) is 13.1 Å². The first kappa shape index (κ1) is 14.2. The highest BCUT2D eigenvalue weighted by atomic mass is 32.2. The highest BCUT2D eigenvalue weighted by Crippen LogP contribution is 2.18. The van der Waals surface area contributed by atoms with E-state index in [1.54, 1.807) is 19.9 Å². The molecule has 0 radical (unpaired) electrons. The maximum atomic E-state index is 12.1. The number of benzene rings is 1. The zero-order valence-electron chi connectivity index (χ0n) is 10.5. The van der Waals surface area contributed by atoms with Gasteiger partial charge in [-0.05, 0) is 37.5 Å². The molecule has 4 nitrogen and oxygen atoms in total. The predicted molar refractivity (Wildman–Crippen MR) is 69.2 cm³/mol. The SMILES string of the molecule is CCc1ccc(CN)cc1S(=O)(=O)NC(C)C. The van der Waals surface area contributed by atoms with Gasteiger partial charge in [0, 0.05) is 12.6 Å². The lowest BCUT2D eigenvalue weighted by Crippen LogP contribution is -2.31. The average molecular weight is 256 g/mol. The van der Waals surface area contributed by atoms with Gasteiger partial charge in [-0.1, -0.05) is 19.1 Å². The highest BCUT2D eigenvalue weighted by Gasteiger charge is 2.19. The van der Waals surface area contributed by atoms with Crippen LogP contribution < -0.4 is 10.5 Å². The van der Waals surface area contributed by atoms with E-state index in [4.69, 9.17) is 5.73 Å². The third-order valence-corrected chi connectivity index (χ3v) is 4.17. The molecule has 0 unspecified atom stereocenters. The van der Waals surface area contributed by atoms with Crippen molar-refractivity contribution in [2.24, 2.45) is 5.73 Å². The Hall–Kier alpha value is -0.910. The van der Waals surface area contributed by atoms with E-state index in [1.807, 2.05) is 19.1 Å². The van der Waals surface area contributed by atoms with Gasteiger partial charge in [0.2, 0.25) is 10.0 Å². The van der Waals surface area contributed by atoms with Crippen molar-refractivity contribution in [3.05, 3.63) is 29.3 Å². The smallest absolute Gasteiger partial charge is 0.241 e. The summed E-state index contributed by atoms with van der Waals surface area (Å²) in [6.07, 6.45) is 0.680. The van der Waals surface area contributed by atoms with Crippen LogP contribution in [0.2, 0.25) is 0 Å². The van der Waals surface area contributed by atoms with Crippen molar-refractivity contribution >= 4 is 10.0 Å². The molecule has 1 aromatic rings. The maximum absolute atomic E-state index is 12.1. The van der Waals surface area contributed by atoms with E-state index < -0.39 is 10.0 Å². The van der Waals surface area contributed by atoms with Crippen molar-refractivity contribution in [2.75, 3.05) is 0 Å². The van der Waals surface area contributed by atoms with E-state index >= 15 is 0 Å². The Morgan fingerprint density at radius 2 is 2.00 bits per heavy atom. The lowest BCUT2D eigenvalue weighted by Gasteiger charge is -2.13. The fourth-order valence-electron chi connectivity index (χ4n) is 1.64. The summed E-state index contributed by atoms with van der Waals surface area (Å²) in [5.74, 6) is 0. The molecule has 0 amide bonds. The number of nitrogens with two attached hydrogens (primary N) is 1. The minimum Gasteiger partial charge on any atom is -0.326 e. The highest BCUT2D eigenvalue weighted by molar-refractivity contribution is 7.89. The van der Waals surface area contributed by atoms with Gasteiger partial charge in [0.05, 0.1) is 4.90 Å². The zero-order chi connectivity index (χ0) is 13.1. The summed E-state index contributed by atoms with van der Waals surface area (Å²) in [5, 5.41) is 0. The van der Waals surface area contributed by atoms with Gasteiger partial charge < -0.3 is 5.73 Å². The van der Waals surface area contributed by atoms with Crippen molar-refractivity contribution in [1.29, 1.82) is 0 Å². The van der Waals surface area contributed by atoms with Crippen molar-refractivity contribution in [3.8, 4) is 0 Å². The topological polar surface area (TPSA) is 72.2 Å². The molecule has 5 heteroatoms. The first-order chi connectivity index (χ1) is 7.90.